The highest BCUT2D eigenvalue weighted by molar-refractivity contribution is 5.68. The van der Waals surface area contributed by atoms with Crippen LogP contribution in [0.5, 0.6) is 11.6 Å². The lowest BCUT2D eigenvalue weighted by molar-refractivity contribution is -0.0888. The van der Waals surface area contributed by atoms with Gasteiger partial charge in [-0.1, -0.05) is 0 Å². The third-order valence-corrected chi connectivity index (χ3v) is 6.28. The van der Waals surface area contributed by atoms with Crippen molar-refractivity contribution in [3.8, 4) is 28.6 Å². The van der Waals surface area contributed by atoms with Crippen molar-refractivity contribution in [2.75, 3.05) is 0 Å². The van der Waals surface area contributed by atoms with Gasteiger partial charge in [0.25, 0.3) is 0 Å². The zero-order chi connectivity index (χ0) is 18.0. The molecule has 1 aromatic carbocycles. The third-order valence-electron chi connectivity index (χ3n) is 6.28. The van der Waals surface area contributed by atoms with Crippen molar-refractivity contribution in [2.24, 2.45) is 5.92 Å². The number of fused-ring (bicyclic) bond motifs is 1. The summed E-state index contributed by atoms with van der Waals surface area (Å²) >= 11 is 0. The van der Waals surface area contributed by atoms with E-state index < -0.39 is 0 Å². The minimum atomic E-state index is -0.0374. The van der Waals surface area contributed by atoms with Crippen molar-refractivity contribution in [3.63, 3.8) is 0 Å². The van der Waals surface area contributed by atoms with Crippen LogP contribution in [0.3, 0.4) is 0 Å². The highest BCUT2D eigenvalue weighted by Crippen LogP contribution is 2.57. The third kappa shape index (κ3) is 2.21. The number of ether oxygens (including phenoxy) is 1. The van der Waals surface area contributed by atoms with Crippen LogP contribution in [0.2, 0.25) is 0 Å². The van der Waals surface area contributed by atoms with Gasteiger partial charge in [-0.25, -0.2) is 4.68 Å². The van der Waals surface area contributed by atoms with Crippen LogP contribution in [0, 0.1) is 5.92 Å². The second-order valence-corrected chi connectivity index (χ2v) is 7.80. The normalized spacial score (nSPS) is 30.3. The number of nitrogens with zero attached hydrogens (tertiary/aromatic N) is 4. The number of piperidine rings is 2. The van der Waals surface area contributed by atoms with Gasteiger partial charge in [-0.2, -0.15) is 5.10 Å². The summed E-state index contributed by atoms with van der Waals surface area (Å²) < 4.78 is 7.96. The molecule has 1 saturated heterocycles. The molecular weight excluding hydrogens is 342 g/mol. The van der Waals surface area contributed by atoms with E-state index >= 15 is 0 Å². The van der Waals surface area contributed by atoms with Crippen LogP contribution in [0.1, 0.15) is 19.3 Å². The van der Waals surface area contributed by atoms with Crippen molar-refractivity contribution in [1.82, 2.24) is 25.3 Å². The maximum atomic E-state index is 10.4. The van der Waals surface area contributed by atoms with Crippen molar-refractivity contribution in [2.45, 2.75) is 36.9 Å². The number of phenols is 1. The van der Waals surface area contributed by atoms with E-state index in [2.05, 4.69) is 20.6 Å². The summed E-state index contributed by atoms with van der Waals surface area (Å²) in [7, 11) is 0. The first-order valence-corrected chi connectivity index (χ1v) is 9.32. The highest BCUT2D eigenvalue weighted by Gasteiger charge is 2.66. The lowest BCUT2D eigenvalue weighted by Gasteiger charge is -2.52. The average Bonchev–Trinajstić information content (AvgIpc) is 3.37. The van der Waals surface area contributed by atoms with E-state index in [1.807, 2.05) is 36.5 Å². The Morgan fingerprint density at radius 3 is 2.81 bits per heavy atom. The quantitative estimate of drug-likeness (QED) is 0.742. The van der Waals surface area contributed by atoms with Crippen LogP contribution in [0.15, 0.2) is 48.8 Å². The summed E-state index contributed by atoms with van der Waals surface area (Å²) in [5.74, 6) is 1.32. The molecule has 2 aromatic heterocycles. The van der Waals surface area contributed by atoms with Crippen molar-refractivity contribution in [1.29, 1.82) is 0 Å². The molecule has 2 N–H and O–H groups in total. The van der Waals surface area contributed by atoms with Gasteiger partial charge < -0.3 is 15.2 Å². The summed E-state index contributed by atoms with van der Waals surface area (Å²) in [6.07, 6.45) is 6.87. The molecule has 3 heterocycles. The SMILES string of the molecule is Oc1cc(-n2cccn2)ccc1-c1ccc(O[C@]23CC4CC2C(C3)N4)nn1. The molecule has 3 aliphatic rings. The van der Waals surface area contributed by atoms with Gasteiger partial charge in [0.2, 0.25) is 5.88 Å². The van der Waals surface area contributed by atoms with Gasteiger partial charge in [0.05, 0.1) is 11.4 Å². The summed E-state index contributed by atoms with van der Waals surface area (Å²) in [6, 6.07) is 12.2. The Morgan fingerprint density at radius 1 is 1.19 bits per heavy atom. The molecule has 0 amide bonds. The largest absolute Gasteiger partial charge is 0.507 e. The minimum absolute atomic E-state index is 0.0374. The van der Waals surface area contributed by atoms with Crippen molar-refractivity contribution < 1.29 is 9.84 Å². The minimum Gasteiger partial charge on any atom is -0.507 e. The predicted octanol–water partition coefficient (Wildman–Crippen LogP) is 2.31. The monoisotopic (exact) mass is 361 g/mol. The molecule has 3 aromatic rings. The summed E-state index contributed by atoms with van der Waals surface area (Å²) in [4.78, 5) is 0. The Balaban J connectivity index is 1.24. The molecule has 2 bridgehead atoms. The van der Waals surface area contributed by atoms with E-state index in [1.54, 1.807) is 16.9 Å². The Bertz CT molecular complexity index is 1000. The summed E-state index contributed by atoms with van der Waals surface area (Å²) in [5.41, 5.74) is 2.00. The molecule has 3 fully saturated rings. The molecule has 1 aliphatic heterocycles. The van der Waals surface area contributed by atoms with E-state index in [-0.39, 0.29) is 11.4 Å². The second kappa shape index (κ2) is 5.29. The molecule has 6 rings (SSSR count). The molecule has 7 nitrogen and oxygen atoms in total. The Hall–Kier alpha value is -2.93. The molecule has 3 unspecified atom stereocenters. The molecule has 4 atom stereocenters. The van der Waals surface area contributed by atoms with Gasteiger partial charge >= 0.3 is 0 Å². The molecule has 2 aliphatic carbocycles. The Morgan fingerprint density at radius 2 is 2.15 bits per heavy atom. The van der Waals surface area contributed by atoms with Crippen LogP contribution < -0.4 is 10.1 Å². The number of benzene rings is 1. The fourth-order valence-corrected chi connectivity index (χ4v) is 5.08. The van der Waals surface area contributed by atoms with Gasteiger partial charge in [0, 0.05) is 60.9 Å². The lowest BCUT2D eigenvalue weighted by Crippen LogP contribution is -2.65. The van der Waals surface area contributed by atoms with Gasteiger partial charge in [0.1, 0.15) is 11.4 Å². The van der Waals surface area contributed by atoms with Crippen LogP contribution in [-0.4, -0.2) is 42.8 Å². The molecule has 7 heteroatoms. The van der Waals surface area contributed by atoms with Gasteiger partial charge in [-0.3, -0.25) is 0 Å². The number of nitrogens with one attached hydrogen (secondary N) is 1. The van der Waals surface area contributed by atoms with E-state index in [0.717, 1.165) is 18.5 Å². The number of phenolic OH excluding ortho intramolecular Hbond substituents is 1. The maximum absolute atomic E-state index is 10.4. The smallest absolute Gasteiger partial charge is 0.233 e. The topological polar surface area (TPSA) is 85.1 Å². The van der Waals surface area contributed by atoms with Gasteiger partial charge in [-0.15, -0.1) is 10.2 Å². The fraction of sp³-hybridized carbons (Fsp3) is 0.350. The van der Waals surface area contributed by atoms with E-state index in [4.69, 9.17) is 4.74 Å². The number of aromatic nitrogens is 4. The molecule has 136 valence electrons. The maximum Gasteiger partial charge on any atom is 0.233 e. The fourth-order valence-electron chi connectivity index (χ4n) is 5.08. The van der Waals surface area contributed by atoms with Crippen LogP contribution in [0.25, 0.3) is 16.9 Å². The second-order valence-electron chi connectivity index (χ2n) is 7.80. The average molecular weight is 361 g/mol. The molecule has 0 radical (unpaired) electrons. The Kier molecular flexibility index (Phi) is 2.97. The van der Waals surface area contributed by atoms with E-state index in [1.165, 1.54) is 6.42 Å². The molecule has 0 spiro atoms. The predicted molar refractivity (Wildman–Crippen MR) is 97.7 cm³/mol. The summed E-state index contributed by atoms with van der Waals surface area (Å²) in [5, 5.41) is 26.8. The number of rotatable bonds is 4. The van der Waals surface area contributed by atoms with E-state index in [9.17, 15) is 5.11 Å². The number of hydrogen-bond donors (Lipinski definition) is 2. The first-order valence-electron chi connectivity index (χ1n) is 9.32. The number of aromatic hydroxyl groups is 1. The summed E-state index contributed by atoms with van der Waals surface area (Å²) in [6.45, 7) is 0. The zero-order valence-electron chi connectivity index (χ0n) is 14.6. The van der Waals surface area contributed by atoms with Crippen LogP contribution >= 0.6 is 0 Å². The number of hydrogen-bond acceptors (Lipinski definition) is 6. The molecule has 27 heavy (non-hydrogen) atoms. The first kappa shape index (κ1) is 15.2. The van der Waals surface area contributed by atoms with Gasteiger partial charge in [0.15, 0.2) is 0 Å². The first-order chi connectivity index (χ1) is 13.2. The molecule has 2 saturated carbocycles. The van der Waals surface area contributed by atoms with Gasteiger partial charge in [-0.05, 0) is 30.7 Å². The van der Waals surface area contributed by atoms with Crippen LogP contribution in [0.4, 0.5) is 0 Å². The zero-order valence-corrected chi connectivity index (χ0v) is 14.6. The lowest BCUT2D eigenvalue weighted by atomic mass is 9.66. The Labute approximate surface area is 156 Å². The standard InChI is InChI=1S/C20H19N5O2/c26-18-9-13(25-7-1-6-21-25)2-3-14(18)16-4-5-19(24-23-16)27-20-10-12-8-15(20)17(11-20)22-12/h1-7,9,12,15,17,22,26H,8,10-11H2/t12?,15?,17?,20-/m0/s1. The van der Waals surface area contributed by atoms with Crippen LogP contribution in [-0.2, 0) is 0 Å². The highest BCUT2D eigenvalue weighted by atomic mass is 16.5. The van der Waals surface area contributed by atoms with Crippen molar-refractivity contribution in [3.05, 3.63) is 48.8 Å². The van der Waals surface area contributed by atoms with E-state index in [0.29, 0.717) is 35.1 Å². The molecular formula is C20H19N5O2. The van der Waals surface area contributed by atoms with Crippen molar-refractivity contribution >= 4 is 0 Å².